The molecule has 2 aliphatic rings. The third-order valence-electron chi connectivity index (χ3n) is 3.39. The molecule has 2 aliphatic heterocycles. The van der Waals surface area contributed by atoms with Crippen molar-refractivity contribution < 1.29 is 0 Å². The Morgan fingerprint density at radius 3 is 3.07 bits per heavy atom. The first-order valence-electron chi connectivity index (χ1n) is 5.95. The monoisotopic (exact) mass is 194 g/mol. The maximum atomic E-state index is 3.52. The van der Waals surface area contributed by atoms with Crippen LogP contribution >= 0.6 is 0 Å². The Balaban J connectivity index is 1.75. The summed E-state index contributed by atoms with van der Waals surface area (Å²) in [5, 5.41) is 3.52. The van der Waals surface area contributed by atoms with Crippen molar-refractivity contribution >= 4 is 0 Å². The van der Waals surface area contributed by atoms with Crippen molar-refractivity contribution in [1.82, 2.24) is 10.2 Å². The Labute approximate surface area is 87.4 Å². The lowest BCUT2D eigenvalue weighted by atomic mass is 9.92. The average molecular weight is 194 g/mol. The number of nitrogens with one attached hydrogen (secondary N) is 1. The van der Waals surface area contributed by atoms with E-state index in [1.807, 2.05) is 0 Å². The zero-order chi connectivity index (χ0) is 9.80. The van der Waals surface area contributed by atoms with Gasteiger partial charge >= 0.3 is 0 Å². The minimum absolute atomic E-state index is 0.731. The second-order valence-corrected chi connectivity index (χ2v) is 4.77. The van der Waals surface area contributed by atoms with Gasteiger partial charge in [0.2, 0.25) is 0 Å². The Bertz CT molecular complexity index is 200. The third kappa shape index (κ3) is 2.82. The normalized spacial score (nSPS) is 34.6. The van der Waals surface area contributed by atoms with Crippen molar-refractivity contribution in [3.63, 3.8) is 0 Å². The number of piperidine rings is 1. The molecule has 1 fully saturated rings. The minimum atomic E-state index is 0.731. The largest absolute Gasteiger partial charge is 0.314 e. The van der Waals surface area contributed by atoms with Crippen LogP contribution in [0.3, 0.4) is 0 Å². The van der Waals surface area contributed by atoms with Crippen molar-refractivity contribution in [2.45, 2.75) is 32.2 Å². The van der Waals surface area contributed by atoms with Crippen LogP contribution in [0.4, 0.5) is 0 Å². The summed E-state index contributed by atoms with van der Waals surface area (Å²) in [6.45, 7) is 7.29. The summed E-state index contributed by atoms with van der Waals surface area (Å²) >= 11 is 0. The molecule has 0 aromatic rings. The van der Waals surface area contributed by atoms with Crippen molar-refractivity contribution in [2.24, 2.45) is 5.92 Å². The molecule has 2 nitrogen and oxygen atoms in total. The molecule has 2 heteroatoms. The fraction of sp³-hybridized carbons (Fsp3) is 0.833. The fourth-order valence-electron chi connectivity index (χ4n) is 2.62. The van der Waals surface area contributed by atoms with Gasteiger partial charge in [-0.3, -0.25) is 4.90 Å². The smallest absolute Gasteiger partial charge is 0.0163 e. The maximum Gasteiger partial charge on any atom is 0.0163 e. The molecular formula is C12H22N2. The van der Waals surface area contributed by atoms with Gasteiger partial charge in [-0.15, -0.1) is 0 Å². The summed E-state index contributed by atoms with van der Waals surface area (Å²) in [6, 6.07) is 0.731. The summed E-state index contributed by atoms with van der Waals surface area (Å²) < 4.78 is 0. The standard InChI is InChI=1S/C12H22N2/c1-11-9-12(5-6-13-11)10-14-7-3-2-4-8-14/h2-3,11-13H,4-10H2,1H3. The summed E-state index contributed by atoms with van der Waals surface area (Å²) in [4.78, 5) is 2.60. The zero-order valence-corrected chi connectivity index (χ0v) is 9.21. The molecule has 0 bridgehead atoms. The van der Waals surface area contributed by atoms with Crippen LogP contribution < -0.4 is 5.32 Å². The van der Waals surface area contributed by atoms with E-state index in [0.717, 1.165) is 12.0 Å². The van der Waals surface area contributed by atoms with Crippen LogP contribution in [0.2, 0.25) is 0 Å². The van der Waals surface area contributed by atoms with Crippen LogP contribution in [-0.2, 0) is 0 Å². The molecule has 2 heterocycles. The molecule has 80 valence electrons. The van der Waals surface area contributed by atoms with Gasteiger partial charge in [-0.05, 0) is 38.6 Å². The highest BCUT2D eigenvalue weighted by Crippen LogP contribution is 2.18. The molecule has 14 heavy (non-hydrogen) atoms. The predicted molar refractivity (Wildman–Crippen MR) is 60.4 cm³/mol. The first kappa shape index (κ1) is 10.2. The summed E-state index contributed by atoms with van der Waals surface area (Å²) in [5.41, 5.74) is 0. The topological polar surface area (TPSA) is 15.3 Å². The van der Waals surface area contributed by atoms with Crippen molar-refractivity contribution in [3.05, 3.63) is 12.2 Å². The summed E-state index contributed by atoms with van der Waals surface area (Å²) in [7, 11) is 0. The lowest BCUT2D eigenvalue weighted by Crippen LogP contribution is -2.41. The Morgan fingerprint density at radius 1 is 1.43 bits per heavy atom. The van der Waals surface area contributed by atoms with Gasteiger partial charge < -0.3 is 5.32 Å². The molecule has 0 aliphatic carbocycles. The van der Waals surface area contributed by atoms with E-state index in [1.165, 1.54) is 45.4 Å². The quantitative estimate of drug-likeness (QED) is 0.672. The first-order valence-corrected chi connectivity index (χ1v) is 5.95. The molecule has 2 unspecified atom stereocenters. The number of hydrogen-bond acceptors (Lipinski definition) is 2. The van der Waals surface area contributed by atoms with Crippen molar-refractivity contribution in [3.8, 4) is 0 Å². The minimum Gasteiger partial charge on any atom is -0.314 e. The SMILES string of the molecule is CC1CC(CN2CC=CCC2)CCN1. The van der Waals surface area contributed by atoms with E-state index in [9.17, 15) is 0 Å². The van der Waals surface area contributed by atoms with Crippen LogP contribution in [0.15, 0.2) is 12.2 Å². The lowest BCUT2D eigenvalue weighted by Gasteiger charge is -2.33. The zero-order valence-electron chi connectivity index (χ0n) is 9.21. The van der Waals surface area contributed by atoms with Crippen LogP contribution in [0, 0.1) is 5.92 Å². The van der Waals surface area contributed by atoms with Gasteiger partial charge in [0.05, 0.1) is 0 Å². The fourth-order valence-corrected chi connectivity index (χ4v) is 2.62. The van der Waals surface area contributed by atoms with E-state index < -0.39 is 0 Å². The highest BCUT2D eigenvalue weighted by atomic mass is 15.1. The maximum absolute atomic E-state index is 3.52. The van der Waals surface area contributed by atoms with E-state index >= 15 is 0 Å². The Morgan fingerprint density at radius 2 is 2.36 bits per heavy atom. The highest BCUT2D eigenvalue weighted by Gasteiger charge is 2.20. The third-order valence-corrected chi connectivity index (χ3v) is 3.39. The molecule has 1 saturated heterocycles. The van der Waals surface area contributed by atoms with Gasteiger partial charge in [0.15, 0.2) is 0 Å². The molecule has 0 radical (unpaired) electrons. The summed E-state index contributed by atoms with van der Waals surface area (Å²) in [5.74, 6) is 0.928. The average Bonchev–Trinajstić information content (AvgIpc) is 2.19. The van der Waals surface area contributed by atoms with E-state index in [-0.39, 0.29) is 0 Å². The summed E-state index contributed by atoms with van der Waals surface area (Å²) in [6.07, 6.45) is 8.60. The molecule has 0 aromatic heterocycles. The van der Waals surface area contributed by atoms with Crippen LogP contribution in [0.5, 0.6) is 0 Å². The van der Waals surface area contributed by atoms with Gasteiger partial charge in [0, 0.05) is 25.7 Å². The predicted octanol–water partition coefficient (Wildman–Crippen LogP) is 1.64. The molecular weight excluding hydrogens is 172 g/mol. The van der Waals surface area contributed by atoms with Gasteiger partial charge in [-0.2, -0.15) is 0 Å². The molecule has 2 rings (SSSR count). The number of nitrogens with zero attached hydrogens (tertiary/aromatic N) is 1. The van der Waals surface area contributed by atoms with Gasteiger partial charge in [-0.25, -0.2) is 0 Å². The molecule has 2 atom stereocenters. The Hall–Kier alpha value is -0.340. The highest BCUT2D eigenvalue weighted by molar-refractivity contribution is 4.91. The molecule has 0 amide bonds. The van der Waals surface area contributed by atoms with Crippen LogP contribution in [-0.4, -0.2) is 37.1 Å². The van der Waals surface area contributed by atoms with Crippen LogP contribution in [0.25, 0.3) is 0 Å². The van der Waals surface area contributed by atoms with Gasteiger partial charge in [-0.1, -0.05) is 12.2 Å². The van der Waals surface area contributed by atoms with E-state index in [0.29, 0.717) is 0 Å². The van der Waals surface area contributed by atoms with Crippen LogP contribution in [0.1, 0.15) is 26.2 Å². The second-order valence-electron chi connectivity index (χ2n) is 4.77. The van der Waals surface area contributed by atoms with Crippen molar-refractivity contribution in [2.75, 3.05) is 26.2 Å². The molecule has 1 N–H and O–H groups in total. The molecule has 0 spiro atoms. The van der Waals surface area contributed by atoms with Crippen molar-refractivity contribution in [1.29, 1.82) is 0 Å². The lowest BCUT2D eigenvalue weighted by molar-refractivity contribution is 0.203. The number of rotatable bonds is 2. The van der Waals surface area contributed by atoms with E-state index in [4.69, 9.17) is 0 Å². The van der Waals surface area contributed by atoms with Gasteiger partial charge in [0.1, 0.15) is 0 Å². The molecule has 0 aromatic carbocycles. The first-order chi connectivity index (χ1) is 6.84. The van der Waals surface area contributed by atoms with E-state index in [1.54, 1.807) is 0 Å². The molecule has 0 saturated carbocycles. The van der Waals surface area contributed by atoms with Gasteiger partial charge in [0.25, 0.3) is 0 Å². The number of hydrogen-bond donors (Lipinski definition) is 1. The van der Waals surface area contributed by atoms with E-state index in [2.05, 4.69) is 29.3 Å². The Kier molecular flexibility index (Phi) is 3.60. The second kappa shape index (κ2) is 4.94.